The van der Waals surface area contributed by atoms with Crippen LogP contribution in [0.1, 0.15) is 34.3 Å². The highest BCUT2D eigenvalue weighted by Crippen LogP contribution is 2.25. The number of carbonyl (C=O) groups excluding carboxylic acids is 1. The molecule has 126 valence electrons. The first-order valence-corrected chi connectivity index (χ1v) is 7.80. The maximum atomic E-state index is 13.1. The van der Waals surface area contributed by atoms with Crippen LogP contribution < -0.4 is 5.48 Å². The molecule has 1 aromatic heterocycles. The topological polar surface area (TPSA) is 107 Å². The number of aromatic nitrogens is 3. The van der Waals surface area contributed by atoms with Crippen LogP contribution in [0, 0.1) is 19.3 Å². The minimum Gasteiger partial charge on any atom is -0.328 e. The lowest BCUT2D eigenvalue weighted by atomic mass is 10.0. The molecule has 1 aliphatic rings. The number of nitrogens with one attached hydrogen (secondary N) is 2. The molecule has 8 nitrogen and oxygen atoms in total. The van der Waals surface area contributed by atoms with Crippen molar-refractivity contribution < 1.29 is 10.0 Å². The summed E-state index contributed by atoms with van der Waals surface area (Å²) in [6.45, 7) is 4.47. The molecule has 3 rings (SSSR count). The fourth-order valence-electron chi connectivity index (χ4n) is 3.02. The molecule has 0 aliphatic carbocycles. The molecule has 2 aromatic rings. The van der Waals surface area contributed by atoms with E-state index in [4.69, 9.17) is 10.6 Å². The van der Waals surface area contributed by atoms with Crippen molar-refractivity contribution >= 4 is 11.7 Å². The summed E-state index contributed by atoms with van der Waals surface area (Å²) in [4.78, 5) is 16.2. The van der Waals surface area contributed by atoms with Crippen molar-refractivity contribution in [2.24, 2.45) is 0 Å². The molecule has 1 fully saturated rings. The Morgan fingerprint density at radius 3 is 2.62 bits per heavy atom. The average Bonchev–Trinajstić information content (AvgIpc) is 3.26. The standard InChI is InChI=1S/C16H20N6O2/c1-10-8-12(14(9-11(10)2)22-18-5-6-19-22)16(23)21-7-3-4-13(21)15(17)20-24/h5-6,8-9,13,24H,3-4,7H2,1-2H3,(H2,17,20)/t13-/m0/s1. The number of hydrogen-bond acceptors (Lipinski definition) is 5. The van der Waals surface area contributed by atoms with E-state index in [-0.39, 0.29) is 11.7 Å². The van der Waals surface area contributed by atoms with Gasteiger partial charge in [-0.05, 0) is 49.9 Å². The molecule has 1 atom stereocenters. The van der Waals surface area contributed by atoms with Crippen LogP contribution in [0.2, 0.25) is 0 Å². The number of nitrogens with zero attached hydrogens (tertiary/aromatic N) is 4. The Balaban J connectivity index is 2.03. The second-order valence-electron chi connectivity index (χ2n) is 5.95. The Morgan fingerprint density at radius 2 is 1.96 bits per heavy atom. The summed E-state index contributed by atoms with van der Waals surface area (Å²) in [6, 6.07) is 3.29. The first kappa shape index (κ1) is 16.1. The molecular weight excluding hydrogens is 308 g/mol. The predicted molar refractivity (Wildman–Crippen MR) is 87.5 cm³/mol. The van der Waals surface area contributed by atoms with E-state index in [2.05, 4.69) is 10.2 Å². The summed E-state index contributed by atoms with van der Waals surface area (Å²) in [5.41, 5.74) is 5.01. The van der Waals surface area contributed by atoms with E-state index in [0.717, 1.165) is 17.5 Å². The number of hydrogen-bond donors (Lipinski definition) is 3. The number of amides is 1. The van der Waals surface area contributed by atoms with Crippen molar-refractivity contribution in [3.05, 3.63) is 41.2 Å². The maximum absolute atomic E-state index is 13.1. The molecule has 0 unspecified atom stereocenters. The van der Waals surface area contributed by atoms with Crippen LogP contribution in [-0.2, 0) is 0 Å². The second kappa shape index (κ2) is 6.40. The van der Waals surface area contributed by atoms with E-state index < -0.39 is 6.04 Å². The molecule has 0 bridgehead atoms. The summed E-state index contributed by atoms with van der Waals surface area (Å²) in [6.07, 6.45) is 4.57. The molecule has 0 spiro atoms. The molecule has 8 heteroatoms. The van der Waals surface area contributed by atoms with E-state index in [0.29, 0.717) is 24.2 Å². The molecule has 1 amide bonds. The zero-order chi connectivity index (χ0) is 17.3. The molecule has 1 saturated heterocycles. The van der Waals surface area contributed by atoms with E-state index in [1.807, 2.05) is 31.5 Å². The molecule has 0 saturated carbocycles. The lowest BCUT2D eigenvalue weighted by Gasteiger charge is -2.25. The van der Waals surface area contributed by atoms with Crippen molar-refractivity contribution in [3.8, 4) is 5.69 Å². The molecule has 2 heterocycles. The molecule has 24 heavy (non-hydrogen) atoms. The first-order chi connectivity index (χ1) is 11.5. The Kier molecular flexibility index (Phi) is 4.30. The summed E-state index contributed by atoms with van der Waals surface area (Å²) in [7, 11) is 0. The van der Waals surface area contributed by atoms with Gasteiger partial charge in [0.15, 0.2) is 0 Å². The van der Waals surface area contributed by atoms with E-state index in [1.54, 1.807) is 17.3 Å². The third kappa shape index (κ3) is 2.76. The summed E-state index contributed by atoms with van der Waals surface area (Å²) >= 11 is 0. The second-order valence-corrected chi connectivity index (χ2v) is 5.95. The van der Waals surface area contributed by atoms with Crippen molar-refractivity contribution in [2.45, 2.75) is 32.7 Å². The largest absolute Gasteiger partial charge is 0.328 e. The van der Waals surface area contributed by atoms with Gasteiger partial charge in [0.05, 0.1) is 29.7 Å². The average molecular weight is 328 g/mol. The molecule has 0 radical (unpaired) electrons. The number of aryl methyl sites for hydroxylation is 2. The van der Waals surface area contributed by atoms with Gasteiger partial charge in [0.25, 0.3) is 5.91 Å². The Hall–Kier alpha value is -2.74. The lowest BCUT2D eigenvalue weighted by molar-refractivity contribution is 0.0761. The van der Waals surface area contributed by atoms with Gasteiger partial charge in [-0.3, -0.25) is 20.9 Å². The molecule has 1 aliphatic heterocycles. The van der Waals surface area contributed by atoms with Gasteiger partial charge in [-0.15, -0.1) is 0 Å². The van der Waals surface area contributed by atoms with E-state index in [9.17, 15) is 4.79 Å². The van der Waals surface area contributed by atoms with Crippen LogP contribution in [-0.4, -0.2) is 49.4 Å². The van der Waals surface area contributed by atoms with Crippen molar-refractivity contribution in [3.63, 3.8) is 0 Å². The Labute approximate surface area is 139 Å². The summed E-state index contributed by atoms with van der Waals surface area (Å²) < 4.78 is 0. The van der Waals surface area contributed by atoms with Gasteiger partial charge < -0.3 is 4.90 Å². The number of hydroxylamine groups is 1. The quantitative estimate of drug-likeness (QED) is 0.449. The normalized spacial score (nSPS) is 17.1. The van der Waals surface area contributed by atoms with Crippen LogP contribution >= 0.6 is 0 Å². The van der Waals surface area contributed by atoms with Crippen molar-refractivity contribution in [1.29, 1.82) is 5.41 Å². The lowest BCUT2D eigenvalue weighted by Crippen LogP contribution is -2.45. The number of rotatable bonds is 3. The van der Waals surface area contributed by atoms with Crippen molar-refractivity contribution in [1.82, 2.24) is 25.4 Å². The van der Waals surface area contributed by atoms with Gasteiger partial charge in [-0.2, -0.15) is 15.0 Å². The number of carbonyl (C=O) groups is 1. The van der Waals surface area contributed by atoms with Crippen LogP contribution in [0.4, 0.5) is 0 Å². The minimum absolute atomic E-state index is 0.0663. The van der Waals surface area contributed by atoms with Gasteiger partial charge in [0.2, 0.25) is 0 Å². The summed E-state index contributed by atoms with van der Waals surface area (Å²) in [5.74, 6) is -0.253. The highest BCUT2D eigenvalue weighted by atomic mass is 16.5. The summed E-state index contributed by atoms with van der Waals surface area (Å²) in [5, 5.41) is 25.1. The predicted octanol–water partition coefficient (Wildman–Crippen LogP) is 1.44. The minimum atomic E-state index is -0.442. The molecule has 3 N–H and O–H groups in total. The zero-order valence-corrected chi connectivity index (χ0v) is 13.7. The van der Waals surface area contributed by atoms with Crippen LogP contribution in [0.25, 0.3) is 5.69 Å². The van der Waals surface area contributed by atoms with E-state index in [1.165, 1.54) is 4.80 Å². The number of benzene rings is 1. The smallest absolute Gasteiger partial charge is 0.256 e. The zero-order valence-electron chi connectivity index (χ0n) is 13.7. The fourth-order valence-corrected chi connectivity index (χ4v) is 3.02. The first-order valence-electron chi connectivity index (χ1n) is 7.80. The number of likely N-dealkylation sites (tertiary alicyclic amines) is 1. The van der Waals surface area contributed by atoms with Crippen LogP contribution in [0.3, 0.4) is 0 Å². The van der Waals surface area contributed by atoms with Crippen LogP contribution in [0.15, 0.2) is 24.5 Å². The highest BCUT2D eigenvalue weighted by molar-refractivity contribution is 6.01. The fraction of sp³-hybridized carbons (Fsp3) is 0.375. The van der Waals surface area contributed by atoms with Crippen LogP contribution in [0.5, 0.6) is 0 Å². The SMILES string of the molecule is Cc1cc(C(=O)N2CCC[C@H]2C(=N)NO)c(-n2nccn2)cc1C. The van der Waals surface area contributed by atoms with Gasteiger partial charge in [-0.25, -0.2) is 0 Å². The van der Waals surface area contributed by atoms with Crippen molar-refractivity contribution in [2.75, 3.05) is 6.54 Å². The Morgan fingerprint density at radius 1 is 1.29 bits per heavy atom. The van der Waals surface area contributed by atoms with Gasteiger partial charge in [-0.1, -0.05) is 0 Å². The molecular formula is C16H20N6O2. The Bertz CT molecular complexity index is 771. The molecule has 1 aromatic carbocycles. The van der Waals surface area contributed by atoms with Gasteiger partial charge >= 0.3 is 0 Å². The number of amidine groups is 1. The van der Waals surface area contributed by atoms with Gasteiger partial charge in [0.1, 0.15) is 5.84 Å². The monoisotopic (exact) mass is 328 g/mol. The highest BCUT2D eigenvalue weighted by Gasteiger charge is 2.34. The maximum Gasteiger partial charge on any atom is 0.256 e. The third-order valence-electron chi connectivity index (χ3n) is 4.44. The van der Waals surface area contributed by atoms with Gasteiger partial charge in [0, 0.05) is 6.54 Å². The van der Waals surface area contributed by atoms with E-state index >= 15 is 0 Å². The third-order valence-corrected chi connectivity index (χ3v) is 4.44.